The Morgan fingerprint density at radius 3 is 2.50 bits per heavy atom. The van der Waals surface area contributed by atoms with Crippen LogP contribution >= 0.6 is 11.6 Å². The number of hydrogen-bond donors (Lipinski definition) is 1. The molecule has 1 atom stereocenters. The summed E-state index contributed by atoms with van der Waals surface area (Å²) >= 11 is 6.16. The Bertz CT molecular complexity index is 879. The Morgan fingerprint density at radius 1 is 1.07 bits per heavy atom. The largest absolute Gasteiger partial charge is 0.360 e. The number of nitrogens with zero attached hydrogens (tertiary/aromatic N) is 2. The lowest BCUT2D eigenvalue weighted by molar-refractivity contribution is -0.907. The number of imide groups is 1. The molecule has 0 aromatic heterocycles. The molecule has 5 nitrogen and oxygen atoms in total. The van der Waals surface area contributed by atoms with Crippen molar-refractivity contribution in [2.45, 2.75) is 19.3 Å². The van der Waals surface area contributed by atoms with Gasteiger partial charge in [0, 0.05) is 17.1 Å². The van der Waals surface area contributed by atoms with Gasteiger partial charge in [-0.15, -0.1) is 0 Å². The van der Waals surface area contributed by atoms with Crippen molar-refractivity contribution in [2.75, 3.05) is 37.7 Å². The number of amides is 2. The van der Waals surface area contributed by atoms with E-state index >= 15 is 0 Å². The highest BCUT2D eigenvalue weighted by molar-refractivity contribution is 6.30. The smallest absolute Gasteiger partial charge is 0.241 e. The molecule has 2 aliphatic heterocycles. The normalized spacial score (nSPS) is 20.9. The first-order valence-electron chi connectivity index (χ1n) is 9.77. The SMILES string of the molecule is Cc1ccc(Cl)cc1N1CC[NH+](CN2C(=O)C[C@H](c3ccccc3)C2=O)CC1. The Balaban J connectivity index is 1.38. The van der Waals surface area contributed by atoms with E-state index in [1.54, 1.807) is 0 Å². The molecule has 0 radical (unpaired) electrons. The van der Waals surface area contributed by atoms with Gasteiger partial charge in [0.15, 0.2) is 6.67 Å². The van der Waals surface area contributed by atoms with Gasteiger partial charge in [0.05, 0.1) is 32.1 Å². The van der Waals surface area contributed by atoms with Gasteiger partial charge < -0.3 is 9.80 Å². The van der Waals surface area contributed by atoms with Gasteiger partial charge in [0.1, 0.15) is 0 Å². The second-order valence-electron chi connectivity index (χ2n) is 7.65. The summed E-state index contributed by atoms with van der Waals surface area (Å²) in [6.45, 7) is 6.10. The number of anilines is 1. The van der Waals surface area contributed by atoms with E-state index in [0.29, 0.717) is 6.67 Å². The van der Waals surface area contributed by atoms with Crippen molar-refractivity contribution in [1.82, 2.24) is 4.90 Å². The zero-order chi connectivity index (χ0) is 19.7. The maximum atomic E-state index is 12.8. The highest BCUT2D eigenvalue weighted by Crippen LogP contribution is 2.29. The highest BCUT2D eigenvalue weighted by atomic mass is 35.5. The monoisotopic (exact) mass is 398 g/mol. The van der Waals surface area contributed by atoms with E-state index in [4.69, 9.17) is 11.6 Å². The number of carbonyl (C=O) groups is 2. The van der Waals surface area contributed by atoms with Gasteiger partial charge >= 0.3 is 0 Å². The molecule has 2 aliphatic rings. The molecule has 2 amide bonds. The van der Waals surface area contributed by atoms with Crippen LogP contribution < -0.4 is 9.80 Å². The number of likely N-dealkylation sites (tertiary alicyclic amines) is 1. The van der Waals surface area contributed by atoms with Crippen molar-refractivity contribution in [2.24, 2.45) is 0 Å². The van der Waals surface area contributed by atoms with Crippen LogP contribution in [0.5, 0.6) is 0 Å². The molecule has 6 heteroatoms. The molecule has 0 saturated carbocycles. The molecule has 0 bridgehead atoms. The van der Waals surface area contributed by atoms with E-state index in [1.807, 2.05) is 48.5 Å². The molecule has 28 heavy (non-hydrogen) atoms. The fourth-order valence-electron chi connectivity index (χ4n) is 4.16. The summed E-state index contributed by atoms with van der Waals surface area (Å²) in [5.74, 6) is -0.445. The van der Waals surface area contributed by atoms with Gasteiger partial charge in [-0.25, -0.2) is 4.90 Å². The maximum absolute atomic E-state index is 12.8. The Hall–Kier alpha value is -2.37. The number of nitrogens with one attached hydrogen (secondary N) is 1. The molecule has 0 unspecified atom stereocenters. The average Bonchev–Trinajstić information content (AvgIpc) is 2.99. The second-order valence-corrected chi connectivity index (χ2v) is 8.09. The van der Waals surface area contributed by atoms with Crippen molar-refractivity contribution in [1.29, 1.82) is 0 Å². The molecule has 2 heterocycles. The summed E-state index contributed by atoms with van der Waals surface area (Å²) < 4.78 is 0. The van der Waals surface area contributed by atoms with Crippen LogP contribution in [0.1, 0.15) is 23.5 Å². The molecular weight excluding hydrogens is 374 g/mol. The van der Waals surface area contributed by atoms with Crippen LogP contribution in [-0.2, 0) is 9.59 Å². The molecule has 1 N–H and O–H groups in total. The van der Waals surface area contributed by atoms with Crippen molar-refractivity contribution >= 4 is 29.1 Å². The van der Waals surface area contributed by atoms with Gasteiger partial charge in [-0.1, -0.05) is 48.0 Å². The molecule has 2 aromatic carbocycles. The van der Waals surface area contributed by atoms with Crippen molar-refractivity contribution < 1.29 is 14.5 Å². The highest BCUT2D eigenvalue weighted by Gasteiger charge is 2.41. The maximum Gasteiger partial charge on any atom is 0.241 e. The summed E-state index contributed by atoms with van der Waals surface area (Å²) in [4.78, 5) is 30.4. The number of hydrogen-bond acceptors (Lipinski definition) is 3. The van der Waals surface area contributed by atoms with Crippen molar-refractivity contribution in [3.8, 4) is 0 Å². The molecule has 4 rings (SSSR count). The third-order valence-electron chi connectivity index (χ3n) is 5.81. The van der Waals surface area contributed by atoms with Crippen LogP contribution in [0.15, 0.2) is 48.5 Å². The predicted octanol–water partition coefficient (Wildman–Crippen LogP) is 1.85. The fourth-order valence-corrected chi connectivity index (χ4v) is 4.33. The van der Waals surface area contributed by atoms with Gasteiger partial charge in [-0.2, -0.15) is 0 Å². The van der Waals surface area contributed by atoms with E-state index in [0.717, 1.165) is 36.8 Å². The molecule has 0 spiro atoms. The summed E-state index contributed by atoms with van der Waals surface area (Å²) in [6, 6.07) is 15.6. The number of benzene rings is 2. The van der Waals surface area contributed by atoms with E-state index < -0.39 is 0 Å². The lowest BCUT2D eigenvalue weighted by Crippen LogP contribution is -3.16. The first-order chi connectivity index (χ1) is 13.5. The Morgan fingerprint density at radius 2 is 1.79 bits per heavy atom. The van der Waals surface area contributed by atoms with E-state index in [2.05, 4.69) is 11.8 Å². The topological polar surface area (TPSA) is 45.1 Å². The van der Waals surface area contributed by atoms with Crippen LogP contribution in [0.25, 0.3) is 0 Å². The standard InChI is InChI=1S/C22H24ClN3O2/c1-16-7-8-18(23)13-20(16)25-11-9-24(10-12-25)15-26-21(27)14-19(22(26)28)17-5-3-2-4-6-17/h2-8,13,19H,9-12,14-15H2,1H3/p+1/t19-/m1/s1. The molecule has 2 fully saturated rings. The van der Waals surface area contributed by atoms with Crippen LogP contribution in [0.2, 0.25) is 5.02 Å². The zero-order valence-corrected chi connectivity index (χ0v) is 16.8. The zero-order valence-electron chi connectivity index (χ0n) is 16.0. The minimum atomic E-state index is -0.330. The first kappa shape index (κ1) is 19.0. The molecule has 0 aliphatic carbocycles. The minimum Gasteiger partial charge on any atom is -0.360 e. The third kappa shape index (κ3) is 3.77. The summed E-state index contributed by atoms with van der Waals surface area (Å²) in [6.07, 6.45) is 0.282. The molecule has 2 saturated heterocycles. The van der Waals surface area contributed by atoms with Crippen LogP contribution in [-0.4, -0.2) is 49.6 Å². The van der Waals surface area contributed by atoms with Gasteiger partial charge in [0.25, 0.3) is 0 Å². The average molecular weight is 399 g/mol. The number of quaternary nitrogens is 1. The number of halogens is 1. The lowest BCUT2D eigenvalue weighted by Gasteiger charge is -2.35. The first-order valence-corrected chi connectivity index (χ1v) is 10.1. The van der Waals surface area contributed by atoms with Crippen LogP contribution in [0.3, 0.4) is 0 Å². The Labute approximate surface area is 170 Å². The molecule has 2 aromatic rings. The van der Waals surface area contributed by atoms with Crippen LogP contribution in [0.4, 0.5) is 5.69 Å². The fraction of sp³-hybridized carbons (Fsp3) is 0.364. The Kier molecular flexibility index (Phi) is 5.38. The predicted molar refractivity (Wildman–Crippen MR) is 110 cm³/mol. The quantitative estimate of drug-likeness (QED) is 0.799. The van der Waals surface area contributed by atoms with E-state index in [9.17, 15) is 9.59 Å². The molecular formula is C22H25ClN3O2+. The number of carbonyl (C=O) groups excluding carboxylic acids is 2. The second kappa shape index (κ2) is 7.94. The van der Waals surface area contributed by atoms with Crippen LogP contribution in [0, 0.1) is 6.92 Å². The van der Waals surface area contributed by atoms with Gasteiger partial charge in [0.2, 0.25) is 11.8 Å². The summed E-state index contributed by atoms with van der Waals surface area (Å²) in [7, 11) is 0. The third-order valence-corrected chi connectivity index (χ3v) is 6.05. The number of rotatable bonds is 4. The van der Waals surface area contributed by atoms with Gasteiger partial charge in [-0.05, 0) is 30.2 Å². The summed E-state index contributed by atoms with van der Waals surface area (Å²) in [5, 5.41) is 0.746. The number of aryl methyl sites for hydroxylation is 1. The minimum absolute atomic E-state index is 0.0560. The summed E-state index contributed by atoms with van der Waals surface area (Å²) in [5.41, 5.74) is 3.31. The van der Waals surface area contributed by atoms with Crippen molar-refractivity contribution in [3.63, 3.8) is 0 Å². The van der Waals surface area contributed by atoms with E-state index in [-0.39, 0.29) is 24.2 Å². The van der Waals surface area contributed by atoms with Crippen molar-refractivity contribution in [3.05, 3.63) is 64.7 Å². The number of piperazine rings is 1. The van der Waals surface area contributed by atoms with Gasteiger partial charge in [-0.3, -0.25) is 9.59 Å². The van der Waals surface area contributed by atoms with E-state index in [1.165, 1.54) is 21.1 Å². The molecule has 146 valence electrons. The lowest BCUT2D eigenvalue weighted by atomic mass is 9.98.